The van der Waals surface area contributed by atoms with Gasteiger partial charge in [0.2, 0.25) is 0 Å². The molecule has 0 saturated heterocycles. The zero-order valence-electron chi connectivity index (χ0n) is 10.4. The van der Waals surface area contributed by atoms with Crippen LogP contribution in [0.5, 0.6) is 0 Å². The maximum Gasteiger partial charge on any atom is 0.261 e. The van der Waals surface area contributed by atoms with Crippen LogP contribution in [0.4, 0.5) is 5.69 Å². The van der Waals surface area contributed by atoms with Crippen LogP contribution in [0, 0.1) is 0 Å². The van der Waals surface area contributed by atoms with E-state index in [1.54, 1.807) is 48.2 Å². The molecule has 0 saturated carbocycles. The highest BCUT2D eigenvalue weighted by Gasteiger charge is 2.15. The standard InChI is InChI=1S/C13H11Cl2NO2S2/c1-19-10-3-5-11(6-4-10)20(17,18)16-13-8-9(14)2-7-12(13)15/h2-8,16H,1H3. The largest absolute Gasteiger partial charge is 0.278 e. The van der Waals surface area contributed by atoms with Gasteiger partial charge in [0.25, 0.3) is 10.0 Å². The van der Waals surface area contributed by atoms with E-state index < -0.39 is 10.0 Å². The van der Waals surface area contributed by atoms with Crippen molar-refractivity contribution in [3.05, 3.63) is 52.5 Å². The van der Waals surface area contributed by atoms with Crippen molar-refractivity contribution in [3.63, 3.8) is 0 Å². The second-order valence-electron chi connectivity index (χ2n) is 3.91. The Morgan fingerprint density at radius 1 is 1.05 bits per heavy atom. The van der Waals surface area contributed by atoms with Gasteiger partial charge in [0.05, 0.1) is 15.6 Å². The molecule has 0 amide bonds. The lowest BCUT2D eigenvalue weighted by atomic mass is 10.3. The Bertz CT molecular complexity index is 716. The molecule has 0 aliphatic rings. The third kappa shape index (κ3) is 3.61. The molecule has 0 fully saturated rings. The van der Waals surface area contributed by atoms with Gasteiger partial charge in [-0.3, -0.25) is 4.72 Å². The fourth-order valence-corrected chi connectivity index (χ4v) is 3.41. The lowest BCUT2D eigenvalue weighted by molar-refractivity contribution is 0.601. The molecule has 2 rings (SSSR count). The van der Waals surface area contributed by atoms with Crippen LogP contribution in [-0.4, -0.2) is 14.7 Å². The fraction of sp³-hybridized carbons (Fsp3) is 0.0769. The second kappa shape index (κ2) is 6.26. The smallest absolute Gasteiger partial charge is 0.261 e. The van der Waals surface area contributed by atoms with Gasteiger partial charge in [-0.05, 0) is 48.7 Å². The normalized spacial score (nSPS) is 11.3. The van der Waals surface area contributed by atoms with E-state index in [4.69, 9.17) is 23.2 Å². The quantitative estimate of drug-likeness (QED) is 0.827. The monoisotopic (exact) mass is 347 g/mol. The highest BCUT2D eigenvalue weighted by atomic mass is 35.5. The van der Waals surface area contributed by atoms with E-state index in [9.17, 15) is 8.42 Å². The number of halogens is 2. The maximum absolute atomic E-state index is 12.2. The SMILES string of the molecule is CSc1ccc(S(=O)(=O)Nc2cc(Cl)ccc2Cl)cc1. The molecule has 0 unspecified atom stereocenters. The molecule has 0 radical (unpaired) electrons. The van der Waals surface area contributed by atoms with E-state index in [0.717, 1.165) is 4.90 Å². The van der Waals surface area contributed by atoms with Crippen LogP contribution in [0.15, 0.2) is 52.3 Å². The minimum Gasteiger partial charge on any atom is -0.278 e. The zero-order valence-corrected chi connectivity index (χ0v) is 13.6. The molecule has 0 spiro atoms. The Morgan fingerprint density at radius 3 is 2.30 bits per heavy atom. The molecule has 2 aromatic rings. The molecule has 0 aromatic heterocycles. The van der Waals surface area contributed by atoms with Crippen LogP contribution in [0.25, 0.3) is 0 Å². The van der Waals surface area contributed by atoms with Crippen LogP contribution in [0.2, 0.25) is 10.0 Å². The molecule has 20 heavy (non-hydrogen) atoms. The first kappa shape index (κ1) is 15.5. The van der Waals surface area contributed by atoms with Gasteiger partial charge in [0.1, 0.15) is 0 Å². The van der Waals surface area contributed by atoms with Gasteiger partial charge >= 0.3 is 0 Å². The summed E-state index contributed by atoms with van der Waals surface area (Å²) in [6.07, 6.45) is 1.92. The first-order valence-corrected chi connectivity index (χ1v) is 9.01. The van der Waals surface area contributed by atoms with Crippen molar-refractivity contribution in [2.75, 3.05) is 11.0 Å². The number of rotatable bonds is 4. The number of nitrogens with one attached hydrogen (secondary N) is 1. The Labute approximate surface area is 132 Å². The van der Waals surface area contributed by atoms with E-state index in [2.05, 4.69) is 4.72 Å². The van der Waals surface area contributed by atoms with Gasteiger partial charge in [0, 0.05) is 9.92 Å². The van der Waals surface area contributed by atoms with Gasteiger partial charge in [-0.1, -0.05) is 23.2 Å². The van der Waals surface area contributed by atoms with Crippen molar-refractivity contribution in [2.24, 2.45) is 0 Å². The van der Waals surface area contributed by atoms with Gasteiger partial charge in [-0.15, -0.1) is 11.8 Å². The summed E-state index contributed by atoms with van der Waals surface area (Å²) >= 11 is 13.3. The van der Waals surface area contributed by atoms with Crippen molar-refractivity contribution >= 4 is 50.7 Å². The maximum atomic E-state index is 12.2. The summed E-state index contributed by atoms with van der Waals surface area (Å²) in [4.78, 5) is 1.16. The molecule has 106 valence electrons. The third-order valence-corrected chi connectivity index (χ3v) is 5.23. The first-order valence-electron chi connectivity index (χ1n) is 5.54. The van der Waals surface area contributed by atoms with Crippen LogP contribution >= 0.6 is 35.0 Å². The Kier molecular flexibility index (Phi) is 4.86. The fourth-order valence-electron chi connectivity index (χ4n) is 1.53. The first-order chi connectivity index (χ1) is 9.42. The molecule has 0 atom stereocenters. The van der Waals surface area contributed by atoms with E-state index in [1.807, 2.05) is 6.26 Å². The Balaban J connectivity index is 2.32. The van der Waals surface area contributed by atoms with E-state index in [-0.39, 0.29) is 10.6 Å². The van der Waals surface area contributed by atoms with E-state index >= 15 is 0 Å². The summed E-state index contributed by atoms with van der Waals surface area (Å²) in [5.41, 5.74) is 0.258. The predicted molar refractivity (Wildman–Crippen MR) is 85.5 cm³/mol. The van der Waals surface area contributed by atoms with Crippen molar-refractivity contribution in [1.29, 1.82) is 0 Å². The lowest BCUT2D eigenvalue weighted by Crippen LogP contribution is -2.13. The molecule has 1 N–H and O–H groups in total. The van der Waals surface area contributed by atoms with Gasteiger partial charge < -0.3 is 0 Å². The number of hydrogen-bond acceptors (Lipinski definition) is 3. The highest BCUT2D eigenvalue weighted by Crippen LogP contribution is 2.28. The van der Waals surface area contributed by atoms with E-state index in [0.29, 0.717) is 10.0 Å². The molecule has 2 aromatic carbocycles. The summed E-state index contributed by atoms with van der Waals surface area (Å²) in [7, 11) is -3.68. The average Bonchev–Trinajstić information content (AvgIpc) is 2.43. The van der Waals surface area contributed by atoms with Crippen LogP contribution in [0.3, 0.4) is 0 Å². The molecule has 7 heteroatoms. The summed E-state index contributed by atoms with van der Waals surface area (Å²) in [5, 5.41) is 0.698. The number of thioether (sulfide) groups is 1. The minimum absolute atomic E-state index is 0.173. The molecule has 3 nitrogen and oxygen atoms in total. The van der Waals surface area contributed by atoms with Crippen molar-refractivity contribution < 1.29 is 8.42 Å². The minimum atomic E-state index is -3.68. The molecular formula is C13H11Cl2NO2S2. The van der Waals surface area contributed by atoms with Crippen LogP contribution in [0.1, 0.15) is 0 Å². The lowest BCUT2D eigenvalue weighted by Gasteiger charge is -2.10. The molecule has 0 aliphatic carbocycles. The second-order valence-corrected chi connectivity index (χ2v) is 7.31. The third-order valence-electron chi connectivity index (χ3n) is 2.54. The van der Waals surface area contributed by atoms with E-state index in [1.165, 1.54) is 6.07 Å². The van der Waals surface area contributed by atoms with Crippen LogP contribution < -0.4 is 4.72 Å². The summed E-state index contributed by atoms with van der Waals surface area (Å²) < 4.78 is 26.9. The zero-order chi connectivity index (χ0) is 14.8. The van der Waals surface area contributed by atoms with Crippen molar-refractivity contribution in [1.82, 2.24) is 0 Å². The molecule has 0 bridgehead atoms. The predicted octanol–water partition coefficient (Wildman–Crippen LogP) is 4.52. The molecule has 0 heterocycles. The summed E-state index contributed by atoms with van der Waals surface area (Å²) in [6.45, 7) is 0. The highest BCUT2D eigenvalue weighted by molar-refractivity contribution is 7.98. The van der Waals surface area contributed by atoms with Crippen LogP contribution in [-0.2, 0) is 10.0 Å². The molecule has 0 aliphatic heterocycles. The van der Waals surface area contributed by atoms with Crippen molar-refractivity contribution in [3.8, 4) is 0 Å². The number of benzene rings is 2. The number of anilines is 1. The number of sulfonamides is 1. The van der Waals surface area contributed by atoms with Gasteiger partial charge in [-0.2, -0.15) is 0 Å². The van der Waals surface area contributed by atoms with Gasteiger partial charge in [0.15, 0.2) is 0 Å². The Morgan fingerprint density at radius 2 is 1.70 bits per heavy atom. The van der Waals surface area contributed by atoms with Crippen molar-refractivity contribution in [2.45, 2.75) is 9.79 Å². The topological polar surface area (TPSA) is 46.2 Å². The average molecular weight is 348 g/mol. The summed E-state index contributed by atoms with van der Waals surface area (Å²) in [6, 6.07) is 11.2. The summed E-state index contributed by atoms with van der Waals surface area (Å²) in [5.74, 6) is 0. The van der Waals surface area contributed by atoms with Gasteiger partial charge in [-0.25, -0.2) is 8.42 Å². The Hall–Kier alpha value is -0.880. The number of hydrogen-bond donors (Lipinski definition) is 1. The molecular weight excluding hydrogens is 337 g/mol.